The Labute approximate surface area is 178 Å². The lowest BCUT2D eigenvalue weighted by Gasteiger charge is -2.31. The van der Waals surface area contributed by atoms with Crippen molar-refractivity contribution in [3.05, 3.63) is 54.1 Å². The number of amides is 1. The molecule has 0 spiro atoms. The van der Waals surface area contributed by atoms with Crippen LogP contribution in [0, 0.1) is 0 Å². The van der Waals surface area contributed by atoms with Gasteiger partial charge >= 0.3 is 0 Å². The van der Waals surface area contributed by atoms with Crippen molar-refractivity contribution in [2.75, 3.05) is 34.4 Å². The fraction of sp³-hybridized carbons (Fsp3) is 0.435. The third-order valence-electron chi connectivity index (χ3n) is 5.19. The van der Waals surface area contributed by atoms with Gasteiger partial charge in [0.05, 0.1) is 12.6 Å². The SMILES string of the molecule is CNC(NO)C(C)N(C)C(=O)c1ccc(-c2ccc(OCCCCOC)cc2)cc1. The molecule has 0 bridgehead atoms. The van der Waals surface area contributed by atoms with E-state index in [2.05, 4.69) is 10.8 Å². The number of benzene rings is 2. The molecular formula is C23H33N3O4. The highest BCUT2D eigenvalue weighted by molar-refractivity contribution is 5.94. The number of carbonyl (C=O) groups excluding carboxylic acids is 1. The zero-order valence-electron chi connectivity index (χ0n) is 18.2. The third-order valence-corrected chi connectivity index (χ3v) is 5.19. The van der Waals surface area contributed by atoms with E-state index in [1.165, 1.54) is 0 Å². The number of nitrogens with one attached hydrogen (secondary N) is 2. The van der Waals surface area contributed by atoms with Crippen molar-refractivity contribution in [3.63, 3.8) is 0 Å². The summed E-state index contributed by atoms with van der Waals surface area (Å²) < 4.78 is 10.8. The number of carbonyl (C=O) groups is 1. The van der Waals surface area contributed by atoms with Crippen molar-refractivity contribution in [1.29, 1.82) is 0 Å². The number of unbranched alkanes of at least 4 members (excludes halogenated alkanes) is 1. The zero-order valence-corrected chi connectivity index (χ0v) is 18.2. The summed E-state index contributed by atoms with van der Waals surface area (Å²) in [5, 5.41) is 12.1. The maximum Gasteiger partial charge on any atom is 0.253 e. The molecule has 164 valence electrons. The normalized spacial score (nSPS) is 13.0. The van der Waals surface area contributed by atoms with Crippen LogP contribution in [0.3, 0.4) is 0 Å². The highest BCUT2D eigenvalue weighted by Gasteiger charge is 2.23. The molecule has 2 aromatic carbocycles. The lowest BCUT2D eigenvalue weighted by molar-refractivity contribution is 0.0493. The van der Waals surface area contributed by atoms with Crippen LogP contribution in [0.15, 0.2) is 48.5 Å². The first kappa shape index (κ1) is 23.8. The van der Waals surface area contributed by atoms with E-state index >= 15 is 0 Å². The molecule has 3 N–H and O–H groups in total. The Morgan fingerprint density at radius 2 is 1.60 bits per heavy atom. The zero-order chi connectivity index (χ0) is 21.9. The quantitative estimate of drug-likeness (QED) is 0.281. The first-order valence-corrected chi connectivity index (χ1v) is 10.2. The molecule has 0 aliphatic rings. The van der Waals surface area contributed by atoms with Gasteiger partial charge in [-0.3, -0.25) is 4.79 Å². The van der Waals surface area contributed by atoms with Gasteiger partial charge in [0.1, 0.15) is 11.9 Å². The second-order valence-corrected chi connectivity index (χ2v) is 7.20. The first-order valence-electron chi connectivity index (χ1n) is 10.2. The second kappa shape index (κ2) is 12.3. The Hall–Kier alpha value is -2.45. The first-order chi connectivity index (χ1) is 14.5. The number of methoxy groups -OCH3 is 1. The average Bonchev–Trinajstić information content (AvgIpc) is 2.79. The number of hydrogen-bond donors (Lipinski definition) is 3. The van der Waals surface area contributed by atoms with E-state index in [0.29, 0.717) is 12.2 Å². The summed E-state index contributed by atoms with van der Waals surface area (Å²) in [5.41, 5.74) is 4.85. The van der Waals surface area contributed by atoms with Gasteiger partial charge < -0.3 is 24.9 Å². The van der Waals surface area contributed by atoms with Crippen LogP contribution >= 0.6 is 0 Å². The standard InChI is InChI=1S/C23H33N3O4/c1-17(22(24-2)25-28)26(3)23(27)20-9-7-18(8-10-20)19-11-13-21(14-12-19)30-16-6-5-15-29-4/h7-14,17,22,24-25,28H,5-6,15-16H2,1-4H3. The molecule has 0 fully saturated rings. The summed E-state index contributed by atoms with van der Waals surface area (Å²) in [5.74, 6) is 0.733. The monoisotopic (exact) mass is 415 g/mol. The minimum Gasteiger partial charge on any atom is -0.494 e. The molecule has 7 nitrogen and oxygen atoms in total. The predicted molar refractivity (Wildman–Crippen MR) is 118 cm³/mol. The molecule has 30 heavy (non-hydrogen) atoms. The van der Waals surface area contributed by atoms with Crippen LogP contribution in [0.2, 0.25) is 0 Å². The maximum absolute atomic E-state index is 12.7. The van der Waals surface area contributed by atoms with Gasteiger partial charge in [-0.25, -0.2) is 0 Å². The van der Waals surface area contributed by atoms with E-state index < -0.39 is 6.17 Å². The number of nitrogens with zero attached hydrogens (tertiary/aromatic N) is 1. The van der Waals surface area contributed by atoms with E-state index in [1.54, 1.807) is 26.1 Å². The van der Waals surface area contributed by atoms with Crippen LogP contribution in [0.4, 0.5) is 0 Å². The van der Waals surface area contributed by atoms with Gasteiger partial charge in [-0.05, 0) is 62.2 Å². The molecule has 2 aromatic rings. The molecule has 2 atom stereocenters. The smallest absolute Gasteiger partial charge is 0.253 e. The number of rotatable bonds is 12. The van der Waals surface area contributed by atoms with Crippen molar-refractivity contribution in [3.8, 4) is 16.9 Å². The van der Waals surface area contributed by atoms with Crippen LogP contribution in [-0.4, -0.2) is 62.6 Å². The Morgan fingerprint density at radius 1 is 1.03 bits per heavy atom. The van der Waals surface area contributed by atoms with Gasteiger partial charge in [-0.15, -0.1) is 0 Å². The van der Waals surface area contributed by atoms with Crippen LogP contribution in [0.5, 0.6) is 5.75 Å². The molecule has 0 aliphatic heterocycles. The van der Waals surface area contributed by atoms with Crippen LogP contribution in [0.1, 0.15) is 30.1 Å². The molecular weight excluding hydrogens is 382 g/mol. The van der Waals surface area contributed by atoms with E-state index in [1.807, 2.05) is 55.5 Å². The molecule has 7 heteroatoms. The summed E-state index contributed by atoms with van der Waals surface area (Å²) in [7, 11) is 5.14. The Balaban J connectivity index is 1.97. The second-order valence-electron chi connectivity index (χ2n) is 7.20. The molecule has 1 amide bonds. The topological polar surface area (TPSA) is 83.1 Å². The maximum atomic E-state index is 12.7. The Morgan fingerprint density at radius 3 is 2.13 bits per heavy atom. The van der Waals surface area contributed by atoms with Gasteiger partial charge in [0.2, 0.25) is 0 Å². The summed E-state index contributed by atoms with van der Waals surface area (Å²) in [6.45, 7) is 3.29. The molecule has 0 radical (unpaired) electrons. The minimum atomic E-state index is -0.418. The summed E-state index contributed by atoms with van der Waals surface area (Å²) in [4.78, 5) is 14.3. The molecule has 0 heterocycles. The van der Waals surface area contributed by atoms with Crippen molar-refractivity contribution in [2.24, 2.45) is 0 Å². The van der Waals surface area contributed by atoms with E-state index in [4.69, 9.17) is 9.47 Å². The van der Waals surface area contributed by atoms with Crippen LogP contribution in [0.25, 0.3) is 11.1 Å². The number of likely N-dealkylation sites (N-methyl/N-ethyl adjacent to an activating group) is 2. The Bertz CT molecular complexity index is 761. The van der Waals surface area contributed by atoms with Crippen molar-refractivity contribution in [1.82, 2.24) is 15.7 Å². The molecule has 2 unspecified atom stereocenters. The molecule has 2 rings (SSSR count). The van der Waals surface area contributed by atoms with Gasteiger partial charge in [0, 0.05) is 26.3 Å². The predicted octanol–water partition coefficient (Wildman–Crippen LogP) is 3.14. The van der Waals surface area contributed by atoms with Crippen molar-refractivity contribution >= 4 is 5.91 Å². The van der Waals surface area contributed by atoms with Gasteiger partial charge in [-0.1, -0.05) is 24.3 Å². The number of hydrogen-bond acceptors (Lipinski definition) is 6. The highest BCUT2D eigenvalue weighted by Crippen LogP contribution is 2.23. The van der Waals surface area contributed by atoms with E-state index in [0.717, 1.165) is 36.3 Å². The summed E-state index contributed by atoms with van der Waals surface area (Å²) in [6, 6.07) is 15.2. The van der Waals surface area contributed by atoms with Crippen LogP contribution in [-0.2, 0) is 4.74 Å². The van der Waals surface area contributed by atoms with Crippen LogP contribution < -0.4 is 15.5 Å². The van der Waals surface area contributed by atoms with Crippen molar-refractivity contribution < 1.29 is 19.5 Å². The molecule has 0 aliphatic carbocycles. The lowest BCUT2D eigenvalue weighted by Crippen LogP contribution is -2.54. The molecule has 0 aromatic heterocycles. The summed E-state index contributed by atoms with van der Waals surface area (Å²) in [6.07, 6.45) is 1.53. The average molecular weight is 416 g/mol. The van der Waals surface area contributed by atoms with Crippen molar-refractivity contribution in [2.45, 2.75) is 32.0 Å². The third kappa shape index (κ3) is 6.53. The summed E-state index contributed by atoms with van der Waals surface area (Å²) >= 11 is 0. The molecule has 0 saturated carbocycles. The number of ether oxygens (including phenoxy) is 2. The van der Waals surface area contributed by atoms with E-state index in [-0.39, 0.29) is 11.9 Å². The number of hydroxylamine groups is 1. The molecule has 0 saturated heterocycles. The Kier molecular flexibility index (Phi) is 9.76. The fourth-order valence-corrected chi connectivity index (χ4v) is 3.11. The van der Waals surface area contributed by atoms with E-state index in [9.17, 15) is 10.0 Å². The largest absolute Gasteiger partial charge is 0.494 e. The lowest BCUT2D eigenvalue weighted by atomic mass is 10.0. The van der Waals surface area contributed by atoms with Gasteiger partial charge in [-0.2, -0.15) is 5.48 Å². The van der Waals surface area contributed by atoms with Gasteiger partial charge in [0.25, 0.3) is 5.91 Å². The minimum absolute atomic E-state index is 0.109. The highest BCUT2D eigenvalue weighted by atomic mass is 16.5. The van der Waals surface area contributed by atoms with Gasteiger partial charge in [0.15, 0.2) is 0 Å². The fourth-order valence-electron chi connectivity index (χ4n) is 3.11.